The summed E-state index contributed by atoms with van der Waals surface area (Å²) < 4.78 is 39.4. The van der Waals surface area contributed by atoms with Crippen molar-refractivity contribution in [3.8, 4) is 67.9 Å². The second-order valence-corrected chi connectivity index (χ2v) is 18.4. The van der Waals surface area contributed by atoms with Crippen LogP contribution in [0.4, 0.5) is 0 Å². The number of hydrogen-bond donors (Lipinski definition) is 0. The molecule has 63 heavy (non-hydrogen) atoms. The van der Waals surface area contributed by atoms with E-state index in [0.29, 0.717) is 34.5 Å². The molecule has 0 bridgehead atoms. The lowest BCUT2D eigenvalue weighted by atomic mass is 9.91. The largest absolute Gasteiger partial charge is 0.492 e. The SMILES string of the molecule is COc1c(OC)c(-c2ccccc2)c(P(c2ccccc2)c2ccccc2)c(-c2c(OC)c(OC)c(OC)c(-c3ccccc3)c2P(c2ccccc2)c2ccccc2)c1OC.P. The maximum atomic E-state index is 6.72. The van der Waals surface area contributed by atoms with Crippen LogP contribution in [-0.4, -0.2) is 42.7 Å². The lowest BCUT2D eigenvalue weighted by molar-refractivity contribution is 0.323. The zero-order valence-electron chi connectivity index (χ0n) is 36.4. The third kappa shape index (κ3) is 8.52. The highest BCUT2D eigenvalue weighted by molar-refractivity contribution is 7.81. The van der Waals surface area contributed by atoms with E-state index in [0.717, 1.165) is 65.2 Å². The average molecular weight is 889 g/mol. The number of hydrogen-bond acceptors (Lipinski definition) is 6. The summed E-state index contributed by atoms with van der Waals surface area (Å²) in [5, 5.41) is 6.55. The van der Waals surface area contributed by atoms with Crippen LogP contribution in [0, 0.1) is 0 Å². The van der Waals surface area contributed by atoms with E-state index >= 15 is 0 Å². The second-order valence-electron chi connectivity index (χ2n) is 14.1. The van der Waals surface area contributed by atoms with Gasteiger partial charge in [0.05, 0.1) is 42.7 Å². The summed E-state index contributed by atoms with van der Waals surface area (Å²) in [4.78, 5) is 0. The molecule has 0 aliphatic carbocycles. The fraction of sp³-hybridized carbons (Fsp3) is 0.111. The van der Waals surface area contributed by atoms with Gasteiger partial charge >= 0.3 is 0 Å². The van der Waals surface area contributed by atoms with Gasteiger partial charge in [0.15, 0.2) is 23.0 Å². The van der Waals surface area contributed by atoms with Crippen LogP contribution in [0.5, 0.6) is 34.5 Å². The van der Waals surface area contributed by atoms with Crippen molar-refractivity contribution in [2.24, 2.45) is 0 Å². The fourth-order valence-corrected chi connectivity index (χ4v) is 13.6. The highest BCUT2D eigenvalue weighted by atomic mass is 31.1. The van der Waals surface area contributed by atoms with Crippen molar-refractivity contribution >= 4 is 57.6 Å². The molecule has 8 rings (SSSR count). The van der Waals surface area contributed by atoms with Crippen molar-refractivity contribution < 1.29 is 28.4 Å². The van der Waals surface area contributed by atoms with Gasteiger partial charge < -0.3 is 28.4 Å². The maximum absolute atomic E-state index is 6.72. The van der Waals surface area contributed by atoms with Crippen LogP contribution in [0.1, 0.15) is 0 Å². The molecular formula is C54H51O6P3. The van der Waals surface area contributed by atoms with Gasteiger partial charge in [0.2, 0.25) is 11.5 Å². The molecule has 0 aliphatic heterocycles. The molecule has 0 heterocycles. The van der Waals surface area contributed by atoms with Gasteiger partial charge in [-0.05, 0) is 48.2 Å². The van der Waals surface area contributed by atoms with Crippen LogP contribution in [0.25, 0.3) is 33.4 Å². The Morgan fingerprint density at radius 1 is 0.254 bits per heavy atom. The van der Waals surface area contributed by atoms with Gasteiger partial charge in [0, 0.05) is 32.9 Å². The van der Waals surface area contributed by atoms with Crippen molar-refractivity contribution in [1.29, 1.82) is 0 Å². The number of methoxy groups -OCH3 is 6. The molecule has 0 amide bonds. The van der Waals surface area contributed by atoms with Crippen molar-refractivity contribution in [2.45, 2.75) is 0 Å². The lowest BCUT2D eigenvalue weighted by Gasteiger charge is -2.34. The summed E-state index contributed by atoms with van der Waals surface area (Å²) in [7, 11) is 7.36. The predicted octanol–water partition coefficient (Wildman–Crippen LogP) is 10.3. The van der Waals surface area contributed by atoms with Crippen LogP contribution in [0.15, 0.2) is 182 Å². The minimum atomic E-state index is -1.38. The first kappa shape index (κ1) is 44.9. The smallest absolute Gasteiger partial charge is 0.204 e. The molecule has 1 atom stereocenters. The Labute approximate surface area is 376 Å². The molecular weight excluding hydrogens is 838 g/mol. The Bertz CT molecular complexity index is 2470. The summed E-state index contributed by atoms with van der Waals surface area (Å²) in [6.45, 7) is 0. The summed E-state index contributed by atoms with van der Waals surface area (Å²) in [6, 6.07) is 63.6. The highest BCUT2D eigenvalue weighted by Gasteiger charge is 2.40. The Kier molecular flexibility index (Phi) is 14.8. The van der Waals surface area contributed by atoms with Crippen molar-refractivity contribution in [3.63, 3.8) is 0 Å². The molecule has 0 N–H and O–H groups in total. The summed E-state index contributed by atoms with van der Waals surface area (Å²) in [5.74, 6) is 3.03. The topological polar surface area (TPSA) is 55.4 Å². The summed E-state index contributed by atoms with van der Waals surface area (Å²) >= 11 is 0. The normalized spacial score (nSPS) is 10.9. The highest BCUT2D eigenvalue weighted by Crippen LogP contribution is 2.60. The quantitative estimate of drug-likeness (QED) is 0.0956. The molecule has 8 aromatic rings. The van der Waals surface area contributed by atoms with Crippen molar-refractivity contribution in [2.75, 3.05) is 42.7 Å². The molecule has 1 unspecified atom stereocenters. The number of benzene rings is 8. The third-order valence-electron chi connectivity index (χ3n) is 10.8. The van der Waals surface area contributed by atoms with Crippen molar-refractivity contribution in [1.82, 2.24) is 0 Å². The molecule has 318 valence electrons. The Morgan fingerprint density at radius 2 is 0.460 bits per heavy atom. The van der Waals surface area contributed by atoms with Gasteiger partial charge in [-0.2, -0.15) is 9.90 Å². The fourth-order valence-electron chi connectivity index (χ4n) is 8.27. The Morgan fingerprint density at radius 3 is 0.683 bits per heavy atom. The molecule has 0 radical (unpaired) electrons. The first-order valence-electron chi connectivity index (χ1n) is 20.2. The average Bonchev–Trinajstić information content (AvgIpc) is 3.34. The lowest BCUT2D eigenvalue weighted by Crippen LogP contribution is -2.29. The first-order valence-corrected chi connectivity index (χ1v) is 22.9. The third-order valence-corrected chi connectivity index (χ3v) is 15.8. The van der Waals surface area contributed by atoms with E-state index in [9.17, 15) is 0 Å². The van der Waals surface area contributed by atoms with E-state index in [2.05, 4.69) is 170 Å². The van der Waals surface area contributed by atoms with E-state index in [4.69, 9.17) is 28.4 Å². The monoisotopic (exact) mass is 888 g/mol. The van der Waals surface area contributed by atoms with Gasteiger partial charge in [-0.15, -0.1) is 0 Å². The molecule has 0 saturated carbocycles. The molecule has 0 spiro atoms. The first-order chi connectivity index (χ1) is 30.6. The van der Waals surface area contributed by atoms with Crippen LogP contribution in [-0.2, 0) is 0 Å². The van der Waals surface area contributed by atoms with E-state index in [1.165, 1.54) is 0 Å². The molecule has 0 fully saturated rings. The van der Waals surface area contributed by atoms with E-state index < -0.39 is 15.8 Å². The minimum Gasteiger partial charge on any atom is -0.492 e. The summed E-state index contributed by atoms with van der Waals surface area (Å²) in [6.07, 6.45) is 0. The van der Waals surface area contributed by atoms with Gasteiger partial charge in [-0.25, -0.2) is 0 Å². The van der Waals surface area contributed by atoms with E-state index in [1.54, 1.807) is 42.7 Å². The maximum Gasteiger partial charge on any atom is 0.204 e. The Balaban J connectivity index is 0.00000595. The molecule has 0 saturated heterocycles. The Hall–Kier alpha value is -6.15. The molecule has 8 aromatic carbocycles. The van der Waals surface area contributed by atoms with Gasteiger partial charge in [0.1, 0.15) is 0 Å². The van der Waals surface area contributed by atoms with Gasteiger partial charge in [0.25, 0.3) is 0 Å². The number of ether oxygens (including phenoxy) is 6. The standard InChI is InChI=1S/C54H48O6P2.H3P/c1-55-47-43(37-25-13-7-14-26-37)53(61(39-29-17-9-18-30-39)40-31-19-10-20-32-40)45(49(57-3)51(47)59-5)46-50(58-4)52(60-6)48(56-2)44(38-27-15-8-16-28-38)54(46)62(41-33-21-11-22-34-41)42-35-23-12-24-36-42;/h7-36H,1-6H3;1H3. The molecule has 0 aromatic heterocycles. The van der Waals surface area contributed by atoms with Gasteiger partial charge in [-0.1, -0.05) is 182 Å². The molecule has 9 heteroatoms. The zero-order chi connectivity index (χ0) is 43.0. The van der Waals surface area contributed by atoms with Crippen LogP contribution in [0.2, 0.25) is 0 Å². The van der Waals surface area contributed by atoms with Crippen LogP contribution >= 0.6 is 25.7 Å². The van der Waals surface area contributed by atoms with Crippen LogP contribution < -0.4 is 60.2 Å². The summed E-state index contributed by atoms with van der Waals surface area (Å²) in [5.41, 5.74) is 5.27. The van der Waals surface area contributed by atoms with E-state index in [1.807, 2.05) is 12.1 Å². The second kappa shape index (κ2) is 20.8. The van der Waals surface area contributed by atoms with Crippen LogP contribution in [0.3, 0.4) is 0 Å². The molecule has 0 aliphatic rings. The number of rotatable bonds is 15. The van der Waals surface area contributed by atoms with Gasteiger partial charge in [-0.3, -0.25) is 0 Å². The molecule has 6 nitrogen and oxygen atoms in total. The minimum absolute atomic E-state index is 0. The van der Waals surface area contributed by atoms with Crippen molar-refractivity contribution in [3.05, 3.63) is 182 Å². The zero-order valence-corrected chi connectivity index (χ0v) is 39.6. The predicted molar refractivity (Wildman–Crippen MR) is 271 cm³/mol. The van der Waals surface area contributed by atoms with E-state index in [-0.39, 0.29) is 9.90 Å².